The van der Waals surface area contributed by atoms with Crippen molar-refractivity contribution < 1.29 is 9.18 Å². The highest BCUT2D eigenvalue weighted by Crippen LogP contribution is 2.32. The third kappa shape index (κ3) is 3.56. The van der Waals surface area contributed by atoms with Crippen molar-refractivity contribution in [3.63, 3.8) is 0 Å². The lowest BCUT2D eigenvalue weighted by atomic mass is 9.96. The van der Waals surface area contributed by atoms with Gasteiger partial charge in [-0.15, -0.1) is 0 Å². The Hall–Kier alpha value is -2.99. The first kappa shape index (κ1) is 18.1. The average molecular weight is 405 g/mol. The fraction of sp³-hybridized carbons (Fsp3) is 0.217. The molecule has 5 rings (SSSR count). The minimum absolute atomic E-state index is 0.0166. The molecule has 3 aromatic carbocycles. The number of carbonyl (C=O) groups excluding carboxylic acids is 1. The maximum atomic E-state index is 13.4. The van der Waals surface area contributed by atoms with Gasteiger partial charge in [-0.1, -0.05) is 47.7 Å². The molecule has 1 N–H and O–H groups in total. The monoisotopic (exact) mass is 405 g/mol. The van der Waals surface area contributed by atoms with Crippen LogP contribution < -0.4 is 10.2 Å². The maximum absolute atomic E-state index is 13.4. The molecule has 0 aliphatic carbocycles. The normalized spacial score (nSPS) is 15.1. The predicted octanol–water partition coefficient (Wildman–Crippen LogP) is 5.44. The van der Waals surface area contributed by atoms with Crippen LogP contribution in [0.5, 0.6) is 0 Å². The second-order valence-corrected chi connectivity index (χ2v) is 8.39. The molecule has 146 valence electrons. The van der Waals surface area contributed by atoms with Crippen molar-refractivity contribution in [3.05, 3.63) is 66.5 Å². The molecule has 1 saturated heterocycles. The number of piperidine rings is 1. The highest BCUT2D eigenvalue weighted by atomic mass is 32.1. The molecule has 4 aromatic rings. The third-order valence-electron chi connectivity index (χ3n) is 5.52. The molecule has 0 saturated carbocycles. The zero-order valence-corrected chi connectivity index (χ0v) is 16.6. The van der Waals surface area contributed by atoms with Gasteiger partial charge in [0.25, 0.3) is 0 Å². The van der Waals surface area contributed by atoms with Crippen molar-refractivity contribution in [2.24, 2.45) is 5.92 Å². The number of amides is 1. The van der Waals surface area contributed by atoms with Gasteiger partial charge in [-0.2, -0.15) is 0 Å². The van der Waals surface area contributed by atoms with E-state index in [0.29, 0.717) is 0 Å². The number of fused-ring (bicyclic) bond motifs is 2. The number of hydrogen-bond acceptors (Lipinski definition) is 4. The summed E-state index contributed by atoms with van der Waals surface area (Å²) < 4.78 is 14.3. The van der Waals surface area contributed by atoms with Gasteiger partial charge in [0.1, 0.15) is 5.82 Å². The van der Waals surface area contributed by atoms with Crippen molar-refractivity contribution in [1.82, 2.24) is 4.98 Å². The van der Waals surface area contributed by atoms with Gasteiger partial charge >= 0.3 is 0 Å². The van der Waals surface area contributed by atoms with E-state index in [0.717, 1.165) is 57.7 Å². The molecular weight excluding hydrogens is 385 g/mol. The molecule has 0 radical (unpaired) electrons. The minimum Gasteiger partial charge on any atom is -0.348 e. The van der Waals surface area contributed by atoms with Crippen LogP contribution >= 0.6 is 11.3 Å². The first-order valence-electron chi connectivity index (χ1n) is 9.77. The van der Waals surface area contributed by atoms with Gasteiger partial charge in [-0.05, 0) is 42.5 Å². The summed E-state index contributed by atoms with van der Waals surface area (Å²) in [4.78, 5) is 19.7. The van der Waals surface area contributed by atoms with Crippen molar-refractivity contribution >= 4 is 49.1 Å². The third-order valence-corrected chi connectivity index (χ3v) is 6.60. The molecule has 0 unspecified atom stereocenters. The summed E-state index contributed by atoms with van der Waals surface area (Å²) in [5, 5.41) is 6.20. The van der Waals surface area contributed by atoms with Gasteiger partial charge < -0.3 is 10.2 Å². The summed E-state index contributed by atoms with van der Waals surface area (Å²) in [6, 6.07) is 18.7. The summed E-state index contributed by atoms with van der Waals surface area (Å²) in [6.45, 7) is 1.55. The number of benzene rings is 3. The lowest BCUT2D eigenvalue weighted by Crippen LogP contribution is -2.38. The number of anilines is 2. The first-order valence-corrected chi connectivity index (χ1v) is 10.6. The Kier molecular flexibility index (Phi) is 4.64. The number of carbonyl (C=O) groups is 1. The molecule has 1 amide bonds. The Morgan fingerprint density at radius 1 is 1.07 bits per heavy atom. The van der Waals surface area contributed by atoms with E-state index in [1.165, 1.54) is 23.5 Å². The van der Waals surface area contributed by atoms with Gasteiger partial charge in [0.15, 0.2) is 5.13 Å². The number of aromatic nitrogens is 1. The predicted molar refractivity (Wildman–Crippen MR) is 117 cm³/mol. The van der Waals surface area contributed by atoms with Gasteiger partial charge in [-0.3, -0.25) is 4.79 Å². The van der Waals surface area contributed by atoms with E-state index in [4.69, 9.17) is 0 Å². The van der Waals surface area contributed by atoms with Crippen LogP contribution in [0.2, 0.25) is 0 Å². The van der Waals surface area contributed by atoms with Crippen LogP contribution in [0.1, 0.15) is 12.8 Å². The molecule has 6 heteroatoms. The maximum Gasteiger partial charge on any atom is 0.227 e. The molecule has 1 aromatic heterocycles. The van der Waals surface area contributed by atoms with Gasteiger partial charge in [0.2, 0.25) is 5.91 Å². The van der Waals surface area contributed by atoms with E-state index < -0.39 is 0 Å². The highest BCUT2D eigenvalue weighted by molar-refractivity contribution is 7.22. The van der Waals surface area contributed by atoms with Crippen molar-refractivity contribution in [2.45, 2.75) is 12.8 Å². The fourth-order valence-corrected chi connectivity index (χ4v) is 4.97. The van der Waals surface area contributed by atoms with Crippen molar-refractivity contribution in [1.29, 1.82) is 0 Å². The smallest absolute Gasteiger partial charge is 0.227 e. The Balaban J connectivity index is 1.26. The Labute approximate surface area is 172 Å². The van der Waals surface area contributed by atoms with Gasteiger partial charge in [0, 0.05) is 30.1 Å². The van der Waals surface area contributed by atoms with E-state index in [1.54, 1.807) is 6.07 Å². The lowest BCUT2D eigenvalue weighted by Gasteiger charge is -2.31. The fourth-order valence-electron chi connectivity index (χ4n) is 3.92. The molecular formula is C23H20FN3OS. The number of nitrogens with zero attached hydrogens (tertiary/aromatic N) is 2. The second-order valence-electron chi connectivity index (χ2n) is 7.39. The largest absolute Gasteiger partial charge is 0.348 e. The van der Waals surface area contributed by atoms with E-state index in [9.17, 15) is 9.18 Å². The van der Waals surface area contributed by atoms with Gasteiger partial charge in [0.05, 0.1) is 10.2 Å². The zero-order valence-electron chi connectivity index (χ0n) is 15.8. The van der Waals surface area contributed by atoms with E-state index >= 15 is 0 Å². The molecule has 29 heavy (non-hydrogen) atoms. The molecule has 1 aliphatic heterocycles. The summed E-state index contributed by atoms with van der Waals surface area (Å²) >= 11 is 1.51. The molecule has 0 bridgehead atoms. The van der Waals surface area contributed by atoms with Crippen LogP contribution in [0.3, 0.4) is 0 Å². The SMILES string of the molecule is O=C(Nc1cccc2ccccc12)C1CCN(c2nc3ccc(F)cc3s2)CC1. The Morgan fingerprint density at radius 2 is 1.86 bits per heavy atom. The molecule has 0 atom stereocenters. The van der Waals surface area contributed by atoms with Crippen LogP contribution in [0.4, 0.5) is 15.2 Å². The average Bonchev–Trinajstić information content (AvgIpc) is 3.17. The van der Waals surface area contributed by atoms with E-state index in [2.05, 4.69) is 15.2 Å². The summed E-state index contributed by atoms with van der Waals surface area (Å²) in [6.07, 6.45) is 1.56. The summed E-state index contributed by atoms with van der Waals surface area (Å²) in [5.41, 5.74) is 1.69. The summed E-state index contributed by atoms with van der Waals surface area (Å²) in [7, 11) is 0. The van der Waals surface area contributed by atoms with Crippen LogP contribution in [0.25, 0.3) is 21.0 Å². The van der Waals surface area contributed by atoms with Crippen molar-refractivity contribution in [3.8, 4) is 0 Å². The minimum atomic E-state index is -0.239. The van der Waals surface area contributed by atoms with Crippen LogP contribution in [0, 0.1) is 11.7 Å². The van der Waals surface area contributed by atoms with Crippen molar-refractivity contribution in [2.75, 3.05) is 23.3 Å². The molecule has 0 spiro atoms. The van der Waals surface area contributed by atoms with Gasteiger partial charge in [-0.25, -0.2) is 9.37 Å². The first-order chi connectivity index (χ1) is 14.2. The number of rotatable bonds is 3. The quantitative estimate of drug-likeness (QED) is 0.493. The highest BCUT2D eigenvalue weighted by Gasteiger charge is 2.26. The lowest BCUT2D eigenvalue weighted by molar-refractivity contribution is -0.120. The number of thiazole rings is 1. The van der Waals surface area contributed by atoms with Crippen LogP contribution in [-0.4, -0.2) is 24.0 Å². The second kappa shape index (κ2) is 7.44. The topological polar surface area (TPSA) is 45.2 Å². The zero-order chi connectivity index (χ0) is 19.8. The Bertz CT molecular complexity index is 1190. The number of nitrogens with one attached hydrogen (secondary N) is 1. The number of hydrogen-bond donors (Lipinski definition) is 1. The Morgan fingerprint density at radius 3 is 2.72 bits per heavy atom. The molecule has 4 nitrogen and oxygen atoms in total. The summed E-state index contributed by atoms with van der Waals surface area (Å²) in [5.74, 6) is -0.180. The van der Waals surface area contributed by atoms with Crippen LogP contribution in [-0.2, 0) is 4.79 Å². The molecule has 1 fully saturated rings. The standard InChI is InChI=1S/C23H20FN3OS/c24-17-8-9-20-21(14-17)29-23(26-20)27-12-10-16(11-13-27)22(28)25-19-7-3-5-15-4-1-2-6-18(15)19/h1-9,14,16H,10-13H2,(H,25,28). The van der Waals surface area contributed by atoms with Crippen LogP contribution in [0.15, 0.2) is 60.7 Å². The van der Waals surface area contributed by atoms with E-state index in [-0.39, 0.29) is 17.6 Å². The number of halogens is 1. The van der Waals surface area contributed by atoms with E-state index in [1.807, 2.05) is 42.5 Å². The molecule has 2 heterocycles. The molecule has 1 aliphatic rings.